The van der Waals surface area contributed by atoms with Crippen molar-refractivity contribution in [3.05, 3.63) is 85.4 Å². The average Bonchev–Trinajstić information content (AvgIpc) is 3.69. The van der Waals surface area contributed by atoms with Crippen LogP contribution in [0.25, 0.3) is 0 Å². The van der Waals surface area contributed by atoms with Crippen LogP contribution in [-0.2, 0) is 0 Å². The van der Waals surface area contributed by atoms with Gasteiger partial charge in [-0.2, -0.15) is 20.2 Å². The second kappa shape index (κ2) is 12.5. The number of methoxy groups -OCH3 is 1. The number of anilines is 4. The van der Waals surface area contributed by atoms with Crippen molar-refractivity contribution in [2.75, 3.05) is 36.9 Å². The van der Waals surface area contributed by atoms with E-state index in [0.717, 1.165) is 5.56 Å². The minimum absolute atomic E-state index is 0.0476. The van der Waals surface area contributed by atoms with Crippen molar-refractivity contribution in [2.24, 2.45) is 10.2 Å². The molecule has 0 spiro atoms. The Hall–Kier alpha value is -6.72. The van der Waals surface area contributed by atoms with Crippen molar-refractivity contribution in [2.45, 2.75) is 6.92 Å². The molecule has 0 fully saturated rings. The highest BCUT2D eigenvalue weighted by atomic mass is 16.7. The Balaban J connectivity index is 1.29. The van der Waals surface area contributed by atoms with Gasteiger partial charge in [0.2, 0.25) is 19.5 Å². The van der Waals surface area contributed by atoms with Crippen molar-refractivity contribution in [1.82, 2.24) is 9.97 Å². The topological polar surface area (TPSA) is 219 Å². The van der Waals surface area contributed by atoms with E-state index < -0.39 is 9.85 Å². The van der Waals surface area contributed by atoms with Crippen LogP contribution in [0.4, 0.5) is 34.6 Å². The van der Waals surface area contributed by atoms with Gasteiger partial charge in [-0.25, -0.2) is 0 Å². The number of nitro benzene ring substituents is 2. The van der Waals surface area contributed by atoms with Gasteiger partial charge in [0.1, 0.15) is 5.75 Å². The van der Waals surface area contributed by atoms with E-state index in [-0.39, 0.29) is 65.2 Å². The number of nitrogens with zero attached hydrogens (tertiary/aromatic N) is 6. The summed E-state index contributed by atoms with van der Waals surface area (Å²) in [5.41, 5.74) is 6.84. The van der Waals surface area contributed by atoms with Gasteiger partial charge in [0.25, 0.3) is 11.4 Å². The van der Waals surface area contributed by atoms with Gasteiger partial charge in [0.15, 0.2) is 34.6 Å². The number of aromatic nitrogens is 2. The number of ether oxygens (including phenoxy) is 5. The standard InChI is InChI=1S/C28H23N9O9/c1-15-3-4-21(42-2)18(5-15)31-28-32-26(34-29-11-16-6-22-24(45-13-43-22)8-19(16)36(38)39)10-27(33-28)35-30-12-17-7-23-25(46-14-44-23)9-20(17)37(40)41/h3-12H,13-14H2,1-2H3,(H3,31,32,33,34,35). The molecular formula is C28H23N9O9. The van der Waals surface area contributed by atoms with E-state index in [4.69, 9.17) is 23.7 Å². The lowest BCUT2D eigenvalue weighted by atomic mass is 10.1. The van der Waals surface area contributed by atoms with Crippen LogP contribution in [0.1, 0.15) is 16.7 Å². The number of hydrazone groups is 2. The molecule has 6 rings (SSSR count). The van der Waals surface area contributed by atoms with Gasteiger partial charge >= 0.3 is 0 Å². The van der Waals surface area contributed by atoms with Gasteiger partial charge in [-0.3, -0.25) is 31.1 Å². The summed E-state index contributed by atoms with van der Waals surface area (Å²) in [5.74, 6) is 2.17. The smallest absolute Gasteiger partial charge is 0.282 e. The fraction of sp³-hybridized carbons (Fsp3) is 0.143. The van der Waals surface area contributed by atoms with Crippen molar-refractivity contribution in [3.63, 3.8) is 0 Å². The Morgan fingerprint density at radius 3 is 1.76 bits per heavy atom. The van der Waals surface area contributed by atoms with E-state index in [1.807, 2.05) is 19.1 Å². The molecule has 1 aromatic heterocycles. The summed E-state index contributed by atoms with van der Waals surface area (Å²) in [6, 6.07) is 12.4. The number of hydrogen-bond donors (Lipinski definition) is 3. The quantitative estimate of drug-likeness (QED) is 0.116. The Labute approximate surface area is 258 Å². The highest BCUT2D eigenvalue weighted by molar-refractivity contribution is 5.88. The average molecular weight is 630 g/mol. The second-order valence-electron chi connectivity index (χ2n) is 9.57. The fourth-order valence-corrected chi connectivity index (χ4v) is 4.41. The molecule has 0 atom stereocenters. The van der Waals surface area contributed by atoms with Gasteiger partial charge < -0.3 is 29.0 Å². The summed E-state index contributed by atoms with van der Waals surface area (Å²) in [6.07, 6.45) is 2.48. The van der Waals surface area contributed by atoms with E-state index in [2.05, 4.69) is 36.3 Å². The summed E-state index contributed by atoms with van der Waals surface area (Å²) in [7, 11) is 1.52. The molecule has 2 aliphatic heterocycles. The molecule has 4 aromatic rings. The monoisotopic (exact) mass is 629 g/mol. The molecule has 2 aliphatic rings. The van der Waals surface area contributed by atoms with E-state index in [1.54, 1.807) is 6.07 Å². The molecule has 3 N–H and O–H groups in total. The maximum absolute atomic E-state index is 11.6. The fourth-order valence-electron chi connectivity index (χ4n) is 4.41. The normalized spacial score (nSPS) is 12.8. The van der Waals surface area contributed by atoms with E-state index in [0.29, 0.717) is 22.9 Å². The van der Waals surface area contributed by atoms with Crippen LogP contribution in [0.5, 0.6) is 28.7 Å². The highest BCUT2D eigenvalue weighted by Gasteiger charge is 2.24. The van der Waals surface area contributed by atoms with Gasteiger partial charge in [0, 0.05) is 6.07 Å². The first-order chi connectivity index (χ1) is 22.3. The molecule has 0 radical (unpaired) electrons. The Morgan fingerprint density at radius 1 is 0.783 bits per heavy atom. The molecule has 0 saturated carbocycles. The molecule has 0 amide bonds. The molecular weight excluding hydrogens is 606 g/mol. The molecule has 3 heterocycles. The summed E-state index contributed by atoms with van der Waals surface area (Å²) < 4.78 is 26.6. The third kappa shape index (κ3) is 6.30. The summed E-state index contributed by atoms with van der Waals surface area (Å²) in [6.45, 7) is 1.81. The maximum Gasteiger partial charge on any atom is 0.282 e. The van der Waals surface area contributed by atoms with E-state index in [1.165, 1.54) is 49.9 Å². The van der Waals surface area contributed by atoms with Gasteiger partial charge in [-0.15, -0.1) is 0 Å². The Kier molecular flexibility index (Phi) is 7.97. The van der Waals surface area contributed by atoms with Crippen molar-refractivity contribution < 1.29 is 33.5 Å². The van der Waals surface area contributed by atoms with Crippen LogP contribution < -0.4 is 39.9 Å². The van der Waals surface area contributed by atoms with Crippen molar-refractivity contribution in [1.29, 1.82) is 0 Å². The molecule has 46 heavy (non-hydrogen) atoms. The summed E-state index contributed by atoms with van der Waals surface area (Å²) >= 11 is 0. The predicted molar refractivity (Wildman–Crippen MR) is 164 cm³/mol. The molecule has 0 saturated heterocycles. The first kappa shape index (κ1) is 29.4. The number of fused-ring (bicyclic) bond motifs is 2. The number of nitrogens with one attached hydrogen (secondary N) is 3. The molecule has 18 heteroatoms. The lowest BCUT2D eigenvalue weighted by Crippen LogP contribution is -2.05. The third-order valence-corrected chi connectivity index (χ3v) is 6.53. The van der Waals surface area contributed by atoms with Crippen LogP contribution >= 0.6 is 0 Å². The first-order valence-corrected chi connectivity index (χ1v) is 13.3. The van der Waals surface area contributed by atoms with Gasteiger partial charge in [-0.1, -0.05) is 6.07 Å². The lowest BCUT2D eigenvalue weighted by Gasteiger charge is -2.12. The molecule has 0 bridgehead atoms. The molecule has 0 aliphatic carbocycles. The summed E-state index contributed by atoms with van der Waals surface area (Å²) in [4.78, 5) is 31.0. The van der Waals surface area contributed by atoms with Crippen molar-refractivity contribution >= 4 is 47.1 Å². The molecule has 234 valence electrons. The zero-order valence-corrected chi connectivity index (χ0v) is 24.0. The SMILES string of the molecule is COc1ccc(C)cc1Nc1nc(NN=Cc2cc3c(cc2[N+](=O)[O-])OCO3)cc(NN=Cc2cc3c(cc2[N+](=O)[O-])OCO3)n1. The van der Waals surface area contributed by atoms with Gasteiger partial charge in [-0.05, 0) is 36.8 Å². The Morgan fingerprint density at radius 2 is 1.28 bits per heavy atom. The zero-order chi connectivity index (χ0) is 32.2. The maximum atomic E-state index is 11.6. The van der Waals surface area contributed by atoms with Gasteiger partial charge in [0.05, 0.1) is 58.3 Å². The van der Waals surface area contributed by atoms with E-state index in [9.17, 15) is 20.2 Å². The number of rotatable bonds is 11. The second-order valence-corrected chi connectivity index (χ2v) is 9.57. The number of aryl methyl sites for hydroxylation is 1. The Bertz CT molecular complexity index is 1810. The zero-order valence-electron chi connectivity index (χ0n) is 24.0. The lowest BCUT2D eigenvalue weighted by molar-refractivity contribution is -0.385. The van der Waals surface area contributed by atoms with Crippen molar-refractivity contribution in [3.8, 4) is 28.7 Å². The van der Waals surface area contributed by atoms with Crippen LogP contribution in [0.3, 0.4) is 0 Å². The minimum atomic E-state index is -0.560. The van der Waals surface area contributed by atoms with Crippen LogP contribution in [-0.4, -0.2) is 52.9 Å². The molecule has 18 nitrogen and oxygen atoms in total. The van der Waals surface area contributed by atoms with Crippen LogP contribution in [0, 0.1) is 27.2 Å². The minimum Gasteiger partial charge on any atom is -0.495 e. The third-order valence-electron chi connectivity index (χ3n) is 6.53. The summed E-state index contributed by atoms with van der Waals surface area (Å²) in [5, 5.41) is 34.6. The highest BCUT2D eigenvalue weighted by Crippen LogP contribution is 2.38. The van der Waals surface area contributed by atoms with Crippen LogP contribution in [0.15, 0.2) is 58.7 Å². The van der Waals surface area contributed by atoms with Crippen LogP contribution in [0.2, 0.25) is 0 Å². The number of hydrogen-bond acceptors (Lipinski definition) is 16. The predicted octanol–water partition coefficient (Wildman–Crippen LogP) is 4.70. The molecule has 0 unspecified atom stereocenters. The molecule has 3 aromatic carbocycles. The first-order valence-electron chi connectivity index (χ1n) is 13.3. The van der Waals surface area contributed by atoms with E-state index >= 15 is 0 Å². The number of benzene rings is 3. The largest absolute Gasteiger partial charge is 0.495 e. The number of nitro groups is 2.